The number of carbonyl (C=O) groups excluding carboxylic acids is 1. The van der Waals surface area contributed by atoms with Gasteiger partial charge in [-0.15, -0.1) is 0 Å². The second-order valence-corrected chi connectivity index (χ2v) is 5.00. The van der Waals surface area contributed by atoms with Crippen LogP contribution in [0.4, 0.5) is 0 Å². The molecule has 1 fully saturated rings. The largest absolute Gasteiger partial charge is 0.341 e. The molecule has 1 aromatic heterocycles. The molecule has 18 heavy (non-hydrogen) atoms. The van der Waals surface area contributed by atoms with Gasteiger partial charge in [0.1, 0.15) is 6.54 Å². The van der Waals surface area contributed by atoms with Crippen LogP contribution >= 0.6 is 0 Å². The zero-order valence-corrected chi connectivity index (χ0v) is 11.2. The summed E-state index contributed by atoms with van der Waals surface area (Å²) in [6.07, 6.45) is 8.01. The molecule has 0 unspecified atom stereocenters. The predicted octanol–water partition coefficient (Wildman–Crippen LogP) is 0.872. The molecule has 1 aliphatic rings. The van der Waals surface area contributed by atoms with Crippen molar-refractivity contribution in [2.45, 2.75) is 44.3 Å². The molecular formula is C13H22N4O. The van der Waals surface area contributed by atoms with E-state index in [1.54, 1.807) is 10.9 Å². The fourth-order valence-electron chi connectivity index (χ4n) is 2.60. The van der Waals surface area contributed by atoms with Gasteiger partial charge in [-0.1, -0.05) is 0 Å². The van der Waals surface area contributed by atoms with E-state index in [1.807, 2.05) is 31.3 Å². The van der Waals surface area contributed by atoms with Crippen molar-refractivity contribution in [3.63, 3.8) is 0 Å². The minimum absolute atomic E-state index is 0.145. The third-order valence-corrected chi connectivity index (χ3v) is 3.90. The van der Waals surface area contributed by atoms with E-state index < -0.39 is 0 Å². The molecule has 1 amide bonds. The van der Waals surface area contributed by atoms with Gasteiger partial charge in [-0.2, -0.15) is 5.10 Å². The molecule has 0 spiro atoms. The van der Waals surface area contributed by atoms with Crippen LogP contribution in [0.25, 0.3) is 0 Å². The van der Waals surface area contributed by atoms with Gasteiger partial charge in [-0.05, 0) is 38.8 Å². The number of nitrogens with zero attached hydrogens (tertiary/aromatic N) is 3. The second-order valence-electron chi connectivity index (χ2n) is 5.00. The number of carbonyl (C=O) groups is 1. The summed E-state index contributed by atoms with van der Waals surface area (Å²) in [7, 11) is 3.92. The second kappa shape index (κ2) is 6.00. The van der Waals surface area contributed by atoms with Crippen molar-refractivity contribution >= 4 is 5.91 Å². The Morgan fingerprint density at radius 2 is 2.17 bits per heavy atom. The molecule has 0 radical (unpaired) electrons. The Hall–Kier alpha value is -1.36. The summed E-state index contributed by atoms with van der Waals surface area (Å²) >= 11 is 0. The van der Waals surface area contributed by atoms with Gasteiger partial charge in [-0.25, -0.2) is 0 Å². The van der Waals surface area contributed by atoms with Gasteiger partial charge in [0.05, 0.1) is 0 Å². The monoisotopic (exact) mass is 250 g/mol. The van der Waals surface area contributed by atoms with Crippen molar-refractivity contribution in [3.8, 4) is 0 Å². The van der Waals surface area contributed by atoms with E-state index in [1.165, 1.54) is 0 Å². The number of aromatic nitrogens is 2. The van der Waals surface area contributed by atoms with Gasteiger partial charge in [0.2, 0.25) is 5.91 Å². The Labute approximate surface area is 108 Å². The predicted molar refractivity (Wildman–Crippen MR) is 70.1 cm³/mol. The maximum atomic E-state index is 12.1. The first-order valence-electron chi connectivity index (χ1n) is 6.61. The van der Waals surface area contributed by atoms with Crippen LogP contribution in [0.1, 0.15) is 25.7 Å². The van der Waals surface area contributed by atoms with E-state index in [2.05, 4.69) is 10.4 Å². The SMILES string of the molecule is CNC1CCC(N(C)C(=O)Cn2cccn2)CC1. The maximum absolute atomic E-state index is 12.1. The Morgan fingerprint density at radius 1 is 1.44 bits per heavy atom. The van der Waals surface area contributed by atoms with E-state index in [9.17, 15) is 4.79 Å². The lowest BCUT2D eigenvalue weighted by atomic mass is 9.90. The summed E-state index contributed by atoms with van der Waals surface area (Å²) in [5, 5.41) is 7.38. The summed E-state index contributed by atoms with van der Waals surface area (Å²) in [5.74, 6) is 0.145. The van der Waals surface area contributed by atoms with Gasteiger partial charge in [0, 0.05) is 31.5 Å². The Kier molecular flexibility index (Phi) is 4.36. The summed E-state index contributed by atoms with van der Waals surface area (Å²) < 4.78 is 1.68. The number of amides is 1. The quantitative estimate of drug-likeness (QED) is 0.862. The highest BCUT2D eigenvalue weighted by atomic mass is 16.2. The van der Waals surface area contributed by atoms with Crippen molar-refractivity contribution < 1.29 is 4.79 Å². The third kappa shape index (κ3) is 3.10. The van der Waals surface area contributed by atoms with Crippen LogP contribution in [-0.2, 0) is 11.3 Å². The highest BCUT2D eigenvalue weighted by Crippen LogP contribution is 2.22. The number of nitrogens with one attached hydrogen (secondary N) is 1. The average molecular weight is 250 g/mol. The molecule has 0 atom stereocenters. The summed E-state index contributed by atoms with van der Waals surface area (Å²) in [6.45, 7) is 0.343. The minimum atomic E-state index is 0.145. The zero-order valence-electron chi connectivity index (χ0n) is 11.2. The molecular weight excluding hydrogens is 228 g/mol. The first kappa shape index (κ1) is 13.1. The fourth-order valence-corrected chi connectivity index (χ4v) is 2.60. The molecule has 1 aliphatic carbocycles. The first-order valence-corrected chi connectivity index (χ1v) is 6.61. The molecule has 0 aromatic carbocycles. The van der Waals surface area contributed by atoms with E-state index in [0.29, 0.717) is 18.6 Å². The lowest BCUT2D eigenvalue weighted by molar-refractivity contribution is -0.133. The molecule has 5 nitrogen and oxygen atoms in total. The third-order valence-electron chi connectivity index (χ3n) is 3.90. The van der Waals surface area contributed by atoms with Crippen molar-refractivity contribution in [2.75, 3.05) is 14.1 Å². The molecule has 100 valence electrons. The van der Waals surface area contributed by atoms with E-state index >= 15 is 0 Å². The van der Waals surface area contributed by atoms with E-state index in [0.717, 1.165) is 25.7 Å². The van der Waals surface area contributed by atoms with Crippen molar-refractivity contribution in [1.82, 2.24) is 20.0 Å². The molecule has 5 heteroatoms. The van der Waals surface area contributed by atoms with E-state index in [4.69, 9.17) is 0 Å². The van der Waals surface area contributed by atoms with Crippen LogP contribution in [-0.4, -0.2) is 46.8 Å². The van der Waals surface area contributed by atoms with Crippen LogP contribution in [0.3, 0.4) is 0 Å². The number of hydrogen-bond donors (Lipinski definition) is 1. The lowest BCUT2D eigenvalue weighted by Crippen LogP contribution is -2.43. The van der Waals surface area contributed by atoms with Crippen LogP contribution in [0.5, 0.6) is 0 Å². The molecule has 0 aliphatic heterocycles. The average Bonchev–Trinajstić information content (AvgIpc) is 2.91. The number of hydrogen-bond acceptors (Lipinski definition) is 3. The molecule has 1 N–H and O–H groups in total. The van der Waals surface area contributed by atoms with Gasteiger partial charge < -0.3 is 10.2 Å². The smallest absolute Gasteiger partial charge is 0.244 e. The Balaban J connectivity index is 1.83. The highest BCUT2D eigenvalue weighted by molar-refractivity contribution is 5.75. The van der Waals surface area contributed by atoms with Crippen LogP contribution in [0.15, 0.2) is 18.5 Å². The van der Waals surface area contributed by atoms with Gasteiger partial charge in [0.15, 0.2) is 0 Å². The molecule has 0 saturated heterocycles. The summed E-state index contributed by atoms with van der Waals surface area (Å²) in [6, 6.07) is 2.85. The molecule has 1 aromatic rings. The highest BCUT2D eigenvalue weighted by Gasteiger charge is 2.25. The molecule has 1 heterocycles. The van der Waals surface area contributed by atoms with Crippen LogP contribution < -0.4 is 5.32 Å². The maximum Gasteiger partial charge on any atom is 0.244 e. The lowest BCUT2D eigenvalue weighted by Gasteiger charge is -2.34. The van der Waals surface area contributed by atoms with Gasteiger partial charge in [-0.3, -0.25) is 9.48 Å². The van der Waals surface area contributed by atoms with Crippen molar-refractivity contribution in [2.24, 2.45) is 0 Å². The zero-order chi connectivity index (χ0) is 13.0. The van der Waals surface area contributed by atoms with Crippen LogP contribution in [0, 0.1) is 0 Å². The Morgan fingerprint density at radius 3 is 2.72 bits per heavy atom. The van der Waals surface area contributed by atoms with Crippen molar-refractivity contribution in [1.29, 1.82) is 0 Å². The van der Waals surface area contributed by atoms with Gasteiger partial charge in [0.25, 0.3) is 0 Å². The molecule has 2 rings (SSSR count). The van der Waals surface area contributed by atoms with E-state index in [-0.39, 0.29) is 5.91 Å². The standard InChI is InChI=1S/C13H22N4O/c1-14-11-4-6-12(7-5-11)16(2)13(18)10-17-9-3-8-15-17/h3,8-9,11-12,14H,4-7,10H2,1-2H3. The van der Waals surface area contributed by atoms with Crippen LogP contribution in [0.2, 0.25) is 0 Å². The van der Waals surface area contributed by atoms with Gasteiger partial charge >= 0.3 is 0 Å². The molecule has 1 saturated carbocycles. The summed E-state index contributed by atoms with van der Waals surface area (Å²) in [4.78, 5) is 14.0. The topological polar surface area (TPSA) is 50.2 Å². The fraction of sp³-hybridized carbons (Fsp3) is 0.692. The normalized spacial score (nSPS) is 23.9. The summed E-state index contributed by atoms with van der Waals surface area (Å²) in [5.41, 5.74) is 0. The number of likely N-dealkylation sites (N-methyl/N-ethyl adjacent to an activating group) is 1. The Bertz CT molecular complexity index is 368. The van der Waals surface area contributed by atoms with Crippen molar-refractivity contribution in [3.05, 3.63) is 18.5 Å². The minimum Gasteiger partial charge on any atom is -0.341 e. The molecule has 0 bridgehead atoms. The number of rotatable bonds is 4. The first-order chi connectivity index (χ1) is 8.70.